The highest BCUT2D eigenvalue weighted by molar-refractivity contribution is 5.77. The first kappa shape index (κ1) is 10.7. The third kappa shape index (κ3) is 2.42. The molecule has 1 N–H and O–H groups in total. The molecule has 0 bridgehead atoms. The molecule has 2 amide bonds. The summed E-state index contributed by atoms with van der Waals surface area (Å²) in [5, 5.41) is 2.98. The molecule has 1 aromatic rings. The van der Waals surface area contributed by atoms with E-state index in [1.165, 1.54) is 5.56 Å². The number of hydrogen-bond acceptors (Lipinski definition) is 1. The smallest absolute Gasteiger partial charge is 0.318 e. The molecule has 84 valence electrons. The number of carbonyl (C=O) groups excluding carboxylic acids is 1. The summed E-state index contributed by atoms with van der Waals surface area (Å²) in [7, 11) is 0. The van der Waals surface area contributed by atoms with Crippen molar-refractivity contribution in [2.45, 2.75) is 12.5 Å². The lowest BCUT2D eigenvalue weighted by Gasteiger charge is -2.11. The molecule has 1 aliphatic heterocycles. The second-order valence-corrected chi connectivity index (χ2v) is 4.03. The fourth-order valence-electron chi connectivity index (χ4n) is 1.99. The quantitative estimate of drug-likeness (QED) is 0.765. The molecule has 0 aliphatic carbocycles. The predicted molar refractivity (Wildman–Crippen MR) is 64.2 cm³/mol. The van der Waals surface area contributed by atoms with Crippen molar-refractivity contribution >= 4 is 6.03 Å². The van der Waals surface area contributed by atoms with Crippen molar-refractivity contribution in [3.05, 3.63) is 48.6 Å². The van der Waals surface area contributed by atoms with Gasteiger partial charge < -0.3 is 10.2 Å². The fraction of sp³-hybridized carbons (Fsp3) is 0.308. The molecular weight excluding hydrogens is 200 g/mol. The Hall–Kier alpha value is -1.77. The van der Waals surface area contributed by atoms with Crippen LogP contribution in [0.3, 0.4) is 0 Å². The third-order valence-corrected chi connectivity index (χ3v) is 2.73. The molecule has 1 aliphatic rings. The highest BCUT2D eigenvalue weighted by Gasteiger charge is 2.27. The largest absolute Gasteiger partial charge is 0.333 e. The lowest BCUT2D eigenvalue weighted by atomic mass is 10.1. The van der Waals surface area contributed by atoms with Crippen molar-refractivity contribution in [2.24, 2.45) is 0 Å². The highest BCUT2D eigenvalue weighted by atomic mass is 16.2. The number of amides is 2. The number of hydrogen-bond donors (Lipinski definition) is 1. The Morgan fingerprint density at radius 1 is 1.44 bits per heavy atom. The van der Waals surface area contributed by atoms with Crippen LogP contribution < -0.4 is 5.32 Å². The average molecular weight is 216 g/mol. The number of rotatable bonds is 4. The first-order valence-corrected chi connectivity index (χ1v) is 5.50. The summed E-state index contributed by atoms with van der Waals surface area (Å²) in [6, 6.07) is 10.4. The zero-order valence-corrected chi connectivity index (χ0v) is 9.23. The maximum absolute atomic E-state index is 11.5. The van der Waals surface area contributed by atoms with Crippen LogP contribution in [0.1, 0.15) is 5.56 Å². The minimum Gasteiger partial charge on any atom is -0.333 e. The minimum atomic E-state index is 0.0147. The van der Waals surface area contributed by atoms with E-state index in [1.54, 1.807) is 11.0 Å². The summed E-state index contributed by atoms with van der Waals surface area (Å²) in [6.07, 6.45) is 2.64. The van der Waals surface area contributed by atoms with E-state index in [0.29, 0.717) is 6.54 Å². The highest BCUT2D eigenvalue weighted by Crippen LogP contribution is 2.10. The van der Waals surface area contributed by atoms with E-state index in [0.717, 1.165) is 13.0 Å². The van der Waals surface area contributed by atoms with Gasteiger partial charge >= 0.3 is 6.03 Å². The van der Waals surface area contributed by atoms with Crippen LogP contribution in [0.4, 0.5) is 4.79 Å². The van der Waals surface area contributed by atoms with Gasteiger partial charge in [-0.25, -0.2) is 4.79 Å². The molecule has 3 nitrogen and oxygen atoms in total. The monoisotopic (exact) mass is 216 g/mol. The zero-order chi connectivity index (χ0) is 11.4. The first-order valence-electron chi connectivity index (χ1n) is 5.50. The van der Waals surface area contributed by atoms with Crippen molar-refractivity contribution in [3.8, 4) is 0 Å². The zero-order valence-electron chi connectivity index (χ0n) is 9.23. The maximum atomic E-state index is 11.5. The molecule has 1 atom stereocenters. The third-order valence-electron chi connectivity index (χ3n) is 2.73. The van der Waals surface area contributed by atoms with E-state index < -0.39 is 0 Å². The molecule has 0 saturated carbocycles. The molecule has 1 unspecified atom stereocenters. The van der Waals surface area contributed by atoms with Crippen LogP contribution in [-0.4, -0.2) is 30.1 Å². The Morgan fingerprint density at radius 3 is 2.88 bits per heavy atom. The van der Waals surface area contributed by atoms with Gasteiger partial charge in [-0.05, 0) is 12.0 Å². The number of urea groups is 1. The topological polar surface area (TPSA) is 32.3 Å². The van der Waals surface area contributed by atoms with Gasteiger partial charge in [-0.2, -0.15) is 0 Å². The van der Waals surface area contributed by atoms with Gasteiger partial charge in [-0.15, -0.1) is 6.58 Å². The van der Waals surface area contributed by atoms with Crippen LogP contribution in [0.15, 0.2) is 43.0 Å². The van der Waals surface area contributed by atoms with Gasteiger partial charge in [0, 0.05) is 13.1 Å². The van der Waals surface area contributed by atoms with Crippen LogP contribution in [-0.2, 0) is 6.42 Å². The van der Waals surface area contributed by atoms with Crippen LogP contribution in [0.5, 0.6) is 0 Å². The van der Waals surface area contributed by atoms with E-state index >= 15 is 0 Å². The standard InChI is InChI=1S/C13H16N2O/c1-2-8-15-10-12(14-13(15)16)9-11-6-4-3-5-7-11/h2-7,12H,1,8-10H2,(H,14,16). The predicted octanol–water partition coefficient (Wildman–Crippen LogP) is 1.81. The Bertz CT molecular complexity index is 375. The van der Waals surface area contributed by atoms with Crippen molar-refractivity contribution in [3.63, 3.8) is 0 Å². The summed E-state index contributed by atoms with van der Waals surface area (Å²) in [6.45, 7) is 5.03. The summed E-state index contributed by atoms with van der Waals surface area (Å²) in [5.41, 5.74) is 1.26. The normalized spacial score (nSPS) is 19.6. The summed E-state index contributed by atoms with van der Waals surface area (Å²) < 4.78 is 0. The summed E-state index contributed by atoms with van der Waals surface area (Å²) in [5.74, 6) is 0. The Morgan fingerprint density at radius 2 is 2.19 bits per heavy atom. The number of nitrogens with zero attached hydrogens (tertiary/aromatic N) is 1. The van der Waals surface area contributed by atoms with E-state index in [9.17, 15) is 4.79 Å². The Labute approximate surface area is 95.8 Å². The lowest BCUT2D eigenvalue weighted by Crippen LogP contribution is -2.29. The van der Waals surface area contributed by atoms with Crippen molar-refractivity contribution in [1.29, 1.82) is 0 Å². The van der Waals surface area contributed by atoms with Gasteiger partial charge in [0.25, 0.3) is 0 Å². The molecule has 0 aromatic heterocycles. The molecule has 16 heavy (non-hydrogen) atoms. The van der Waals surface area contributed by atoms with Crippen molar-refractivity contribution in [2.75, 3.05) is 13.1 Å². The second-order valence-electron chi connectivity index (χ2n) is 4.03. The van der Waals surface area contributed by atoms with Crippen LogP contribution in [0, 0.1) is 0 Å². The molecule has 2 rings (SSSR count). The molecule has 1 heterocycles. The molecule has 0 spiro atoms. The average Bonchev–Trinajstić information content (AvgIpc) is 2.61. The van der Waals surface area contributed by atoms with Gasteiger partial charge in [-0.1, -0.05) is 36.4 Å². The van der Waals surface area contributed by atoms with E-state index in [-0.39, 0.29) is 12.1 Å². The SMILES string of the molecule is C=CCN1CC(Cc2ccccc2)NC1=O. The molecular formula is C13H16N2O. The van der Waals surface area contributed by atoms with Crippen LogP contribution in [0.2, 0.25) is 0 Å². The molecule has 0 radical (unpaired) electrons. The number of benzene rings is 1. The number of carbonyl (C=O) groups is 1. The fourth-order valence-corrected chi connectivity index (χ4v) is 1.99. The molecule has 3 heteroatoms. The van der Waals surface area contributed by atoms with Crippen LogP contribution in [0.25, 0.3) is 0 Å². The molecule has 1 saturated heterocycles. The first-order chi connectivity index (χ1) is 7.79. The van der Waals surface area contributed by atoms with Gasteiger partial charge in [0.15, 0.2) is 0 Å². The van der Waals surface area contributed by atoms with Crippen LogP contribution >= 0.6 is 0 Å². The lowest BCUT2D eigenvalue weighted by molar-refractivity contribution is 0.222. The maximum Gasteiger partial charge on any atom is 0.318 e. The van der Waals surface area contributed by atoms with Gasteiger partial charge in [0.1, 0.15) is 0 Å². The van der Waals surface area contributed by atoms with E-state index in [1.807, 2.05) is 18.2 Å². The van der Waals surface area contributed by atoms with Gasteiger partial charge in [0.05, 0.1) is 6.04 Å². The van der Waals surface area contributed by atoms with Crippen molar-refractivity contribution < 1.29 is 4.79 Å². The molecule has 1 aromatic carbocycles. The van der Waals surface area contributed by atoms with Crippen molar-refractivity contribution in [1.82, 2.24) is 10.2 Å². The summed E-state index contributed by atoms with van der Waals surface area (Å²) in [4.78, 5) is 13.3. The van der Waals surface area contributed by atoms with E-state index in [4.69, 9.17) is 0 Å². The Kier molecular flexibility index (Phi) is 3.25. The van der Waals surface area contributed by atoms with Gasteiger partial charge in [0.2, 0.25) is 0 Å². The second kappa shape index (κ2) is 4.84. The number of nitrogens with one attached hydrogen (secondary N) is 1. The van der Waals surface area contributed by atoms with E-state index in [2.05, 4.69) is 24.0 Å². The molecule has 1 fully saturated rings. The summed E-state index contributed by atoms with van der Waals surface area (Å²) >= 11 is 0. The minimum absolute atomic E-state index is 0.0147. The van der Waals surface area contributed by atoms with Gasteiger partial charge in [-0.3, -0.25) is 0 Å². The Balaban J connectivity index is 1.94.